The van der Waals surface area contributed by atoms with Crippen LogP contribution in [0.1, 0.15) is 22.8 Å². The number of hydrogen-bond acceptors (Lipinski definition) is 3. The van der Waals surface area contributed by atoms with Gasteiger partial charge in [-0.25, -0.2) is 4.39 Å². The molecule has 0 aliphatic rings. The van der Waals surface area contributed by atoms with Gasteiger partial charge >= 0.3 is 0 Å². The second-order valence-corrected chi connectivity index (χ2v) is 4.32. The van der Waals surface area contributed by atoms with Crippen LogP contribution in [0.4, 0.5) is 4.39 Å². The number of benzene rings is 1. The van der Waals surface area contributed by atoms with Crippen LogP contribution in [-0.4, -0.2) is 22.2 Å². The van der Waals surface area contributed by atoms with E-state index in [1.165, 1.54) is 25.1 Å². The Hall–Kier alpha value is -2.17. The summed E-state index contributed by atoms with van der Waals surface area (Å²) in [6, 6.07) is 3.93. The normalized spacial score (nSPS) is 10.5. The number of nitrogens with zero attached hydrogens (tertiary/aromatic N) is 2. The molecule has 1 aromatic carbocycles. The summed E-state index contributed by atoms with van der Waals surface area (Å²) in [5.41, 5.74) is 1.43. The average molecular weight is 262 g/mol. The fourth-order valence-electron chi connectivity index (χ4n) is 1.79. The second-order valence-electron chi connectivity index (χ2n) is 4.32. The van der Waals surface area contributed by atoms with E-state index in [2.05, 4.69) is 5.10 Å². The molecular formula is C14H15FN2O2. The molecule has 0 amide bonds. The summed E-state index contributed by atoms with van der Waals surface area (Å²) in [5.74, 6) is -0.269. The second kappa shape index (κ2) is 5.65. The standard InChI is InChI=1S/C14H15FN2O2/c1-10(18)13-4-3-12(15)7-14(13)19-6-5-11-8-16-17(2)9-11/h3-4,7-9H,5-6H2,1-2H3. The van der Waals surface area contributed by atoms with Crippen LogP contribution < -0.4 is 4.74 Å². The zero-order valence-electron chi connectivity index (χ0n) is 10.9. The molecule has 0 saturated carbocycles. The topological polar surface area (TPSA) is 44.1 Å². The third-order valence-electron chi connectivity index (χ3n) is 2.73. The van der Waals surface area contributed by atoms with Gasteiger partial charge in [0.25, 0.3) is 0 Å². The minimum absolute atomic E-state index is 0.142. The fraction of sp³-hybridized carbons (Fsp3) is 0.286. The van der Waals surface area contributed by atoms with E-state index in [4.69, 9.17) is 4.74 Å². The maximum atomic E-state index is 13.2. The number of carbonyl (C=O) groups excluding carboxylic acids is 1. The SMILES string of the molecule is CC(=O)c1ccc(F)cc1OCCc1cnn(C)c1. The lowest BCUT2D eigenvalue weighted by atomic mass is 10.1. The van der Waals surface area contributed by atoms with Gasteiger partial charge in [0.15, 0.2) is 5.78 Å². The van der Waals surface area contributed by atoms with Crippen molar-refractivity contribution in [3.63, 3.8) is 0 Å². The van der Waals surface area contributed by atoms with E-state index in [0.29, 0.717) is 18.6 Å². The van der Waals surface area contributed by atoms with Crippen LogP contribution in [0.15, 0.2) is 30.6 Å². The highest BCUT2D eigenvalue weighted by molar-refractivity contribution is 5.96. The number of ketones is 1. The molecule has 2 aromatic rings. The number of rotatable bonds is 5. The molecule has 100 valence electrons. The molecule has 0 saturated heterocycles. The first-order chi connectivity index (χ1) is 9.06. The van der Waals surface area contributed by atoms with Crippen LogP contribution in [0, 0.1) is 5.82 Å². The molecule has 0 unspecified atom stereocenters. The molecule has 1 aromatic heterocycles. The molecule has 0 atom stereocenters. The Bertz CT molecular complexity index is 593. The predicted octanol–water partition coefficient (Wildman–Crippen LogP) is 2.38. The Kier molecular flexibility index (Phi) is 3.94. The van der Waals surface area contributed by atoms with Gasteiger partial charge in [-0.15, -0.1) is 0 Å². The van der Waals surface area contributed by atoms with Crippen molar-refractivity contribution in [1.82, 2.24) is 9.78 Å². The number of ether oxygens (including phenoxy) is 1. The van der Waals surface area contributed by atoms with E-state index < -0.39 is 5.82 Å². The Balaban J connectivity index is 2.02. The van der Waals surface area contributed by atoms with Crippen molar-refractivity contribution < 1.29 is 13.9 Å². The van der Waals surface area contributed by atoms with E-state index in [9.17, 15) is 9.18 Å². The highest BCUT2D eigenvalue weighted by Gasteiger charge is 2.09. The van der Waals surface area contributed by atoms with Crippen molar-refractivity contribution in [1.29, 1.82) is 0 Å². The van der Waals surface area contributed by atoms with E-state index >= 15 is 0 Å². The summed E-state index contributed by atoms with van der Waals surface area (Å²) in [7, 11) is 1.84. The molecule has 19 heavy (non-hydrogen) atoms. The summed E-state index contributed by atoms with van der Waals surface area (Å²) in [6.45, 7) is 1.80. The third kappa shape index (κ3) is 3.40. The zero-order chi connectivity index (χ0) is 13.8. The van der Waals surface area contributed by atoms with E-state index in [-0.39, 0.29) is 11.5 Å². The number of hydrogen-bond donors (Lipinski definition) is 0. The maximum absolute atomic E-state index is 13.2. The van der Waals surface area contributed by atoms with Crippen LogP contribution >= 0.6 is 0 Å². The highest BCUT2D eigenvalue weighted by Crippen LogP contribution is 2.20. The molecule has 0 radical (unpaired) electrons. The van der Waals surface area contributed by atoms with Gasteiger partial charge in [-0.1, -0.05) is 0 Å². The lowest BCUT2D eigenvalue weighted by molar-refractivity contribution is 0.101. The fourth-order valence-corrected chi connectivity index (χ4v) is 1.79. The monoisotopic (exact) mass is 262 g/mol. The maximum Gasteiger partial charge on any atom is 0.163 e. The van der Waals surface area contributed by atoms with Crippen molar-refractivity contribution in [2.75, 3.05) is 6.61 Å². The zero-order valence-corrected chi connectivity index (χ0v) is 10.9. The average Bonchev–Trinajstić information content (AvgIpc) is 2.75. The van der Waals surface area contributed by atoms with Gasteiger partial charge in [0, 0.05) is 25.7 Å². The summed E-state index contributed by atoms with van der Waals surface area (Å²) in [5, 5.41) is 4.05. The minimum atomic E-state index is -0.415. The quantitative estimate of drug-likeness (QED) is 0.777. The van der Waals surface area contributed by atoms with Gasteiger partial charge in [-0.2, -0.15) is 5.10 Å². The molecule has 0 bridgehead atoms. The van der Waals surface area contributed by atoms with Gasteiger partial charge in [-0.3, -0.25) is 9.48 Å². The van der Waals surface area contributed by atoms with Crippen LogP contribution in [0.5, 0.6) is 5.75 Å². The smallest absolute Gasteiger partial charge is 0.163 e. The molecule has 5 heteroatoms. The minimum Gasteiger partial charge on any atom is -0.492 e. The Morgan fingerprint density at radius 2 is 2.26 bits per heavy atom. The molecule has 0 aliphatic carbocycles. The lowest BCUT2D eigenvalue weighted by Gasteiger charge is -2.09. The number of halogens is 1. The van der Waals surface area contributed by atoms with Gasteiger partial charge in [0.05, 0.1) is 18.4 Å². The van der Waals surface area contributed by atoms with E-state index in [0.717, 1.165) is 5.56 Å². The van der Waals surface area contributed by atoms with Crippen LogP contribution in [-0.2, 0) is 13.5 Å². The summed E-state index contributed by atoms with van der Waals surface area (Å²) >= 11 is 0. The summed E-state index contributed by atoms with van der Waals surface area (Å²) < 4.78 is 20.4. The largest absolute Gasteiger partial charge is 0.492 e. The van der Waals surface area contributed by atoms with Crippen molar-refractivity contribution in [2.24, 2.45) is 7.05 Å². The van der Waals surface area contributed by atoms with Gasteiger partial charge in [-0.05, 0) is 24.6 Å². The number of Topliss-reactive ketones (excluding diaryl/α,β-unsaturated/α-hetero) is 1. The van der Waals surface area contributed by atoms with Crippen LogP contribution in [0.3, 0.4) is 0 Å². The molecule has 0 fully saturated rings. The molecular weight excluding hydrogens is 247 g/mol. The van der Waals surface area contributed by atoms with Crippen LogP contribution in [0.2, 0.25) is 0 Å². The molecule has 1 heterocycles. The molecule has 0 spiro atoms. The van der Waals surface area contributed by atoms with Gasteiger partial charge in [0.2, 0.25) is 0 Å². The lowest BCUT2D eigenvalue weighted by Crippen LogP contribution is -2.05. The summed E-state index contributed by atoms with van der Waals surface area (Å²) in [6.07, 6.45) is 4.29. The Morgan fingerprint density at radius 3 is 2.89 bits per heavy atom. The van der Waals surface area contributed by atoms with Crippen molar-refractivity contribution >= 4 is 5.78 Å². The molecule has 4 nitrogen and oxygen atoms in total. The van der Waals surface area contributed by atoms with Gasteiger partial charge in [0.1, 0.15) is 11.6 Å². The number of aromatic nitrogens is 2. The first-order valence-electron chi connectivity index (χ1n) is 5.97. The first kappa shape index (κ1) is 13.3. The van der Waals surface area contributed by atoms with Gasteiger partial charge < -0.3 is 4.74 Å². The van der Waals surface area contributed by atoms with Crippen molar-refractivity contribution in [3.05, 3.63) is 47.5 Å². The van der Waals surface area contributed by atoms with Crippen LogP contribution in [0.25, 0.3) is 0 Å². The third-order valence-corrected chi connectivity index (χ3v) is 2.73. The number of aryl methyl sites for hydroxylation is 1. The van der Waals surface area contributed by atoms with E-state index in [1.807, 2.05) is 13.2 Å². The summed E-state index contributed by atoms with van der Waals surface area (Å²) in [4.78, 5) is 11.4. The Morgan fingerprint density at radius 1 is 1.47 bits per heavy atom. The highest BCUT2D eigenvalue weighted by atomic mass is 19.1. The number of carbonyl (C=O) groups is 1. The molecule has 0 N–H and O–H groups in total. The first-order valence-corrected chi connectivity index (χ1v) is 5.97. The van der Waals surface area contributed by atoms with Crippen molar-refractivity contribution in [2.45, 2.75) is 13.3 Å². The predicted molar refractivity (Wildman–Crippen MR) is 68.8 cm³/mol. The molecule has 2 rings (SSSR count). The van der Waals surface area contributed by atoms with Crippen molar-refractivity contribution in [3.8, 4) is 5.75 Å². The molecule has 0 aliphatic heterocycles. The Labute approximate surface area is 110 Å². The van der Waals surface area contributed by atoms with E-state index in [1.54, 1.807) is 10.9 Å².